The Bertz CT molecular complexity index is 1080. The lowest BCUT2D eigenvalue weighted by Gasteiger charge is -2.56. The Hall–Kier alpha value is -1.48. The van der Waals surface area contributed by atoms with Crippen molar-refractivity contribution in [2.75, 3.05) is 20.1 Å². The van der Waals surface area contributed by atoms with Crippen LogP contribution < -0.4 is 0 Å². The number of fused-ring (bicyclic) bond motifs is 5. The third-order valence-electron chi connectivity index (χ3n) is 11.7. The van der Waals surface area contributed by atoms with Crippen molar-refractivity contribution >= 4 is 0 Å². The number of unbranched alkanes of at least 4 members (excludes halogenated alkanes) is 7. The Balaban J connectivity index is 1.18. The minimum Gasteiger partial charge on any atom is -0.508 e. The van der Waals surface area contributed by atoms with Crippen molar-refractivity contribution in [3.63, 3.8) is 0 Å². The predicted molar refractivity (Wildman–Crippen MR) is 162 cm³/mol. The first-order valence-corrected chi connectivity index (χ1v) is 16.9. The van der Waals surface area contributed by atoms with E-state index in [9.17, 15) is 32.2 Å². The Labute approximate surface area is 259 Å². The number of hydrogen-bond acceptors (Lipinski definition) is 3. The molecule has 9 heteroatoms. The number of aliphatic hydroxyl groups is 1. The Morgan fingerprint density at radius 2 is 1.52 bits per heavy atom. The van der Waals surface area contributed by atoms with Crippen molar-refractivity contribution in [1.29, 1.82) is 0 Å². The van der Waals surface area contributed by atoms with Crippen LogP contribution in [0, 0.1) is 23.2 Å². The molecule has 2 fully saturated rings. The molecule has 1 aromatic rings. The van der Waals surface area contributed by atoms with Gasteiger partial charge in [0.15, 0.2) is 0 Å². The third-order valence-corrected chi connectivity index (χ3v) is 11.7. The van der Waals surface area contributed by atoms with E-state index < -0.39 is 35.7 Å². The molecule has 4 rings (SSSR count). The Morgan fingerprint density at radius 1 is 0.909 bits per heavy atom. The fraction of sp³-hybridized carbons (Fsp3) is 0.829. The zero-order valence-corrected chi connectivity index (χ0v) is 26.7. The molecule has 3 aliphatic rings. The molecule has 1 aromatic carbocycles. The highest BCUT2D eigenvalue weighted by Crippen LogP contribution is 2.66. The second-order valence-electron chi connectivity index (χ2n) is 14.7. The van der Waals surface area contributed by atoms with E-state index in [4.69, 9.17) is 0 Å². The third kappa shape index (κ3) is 7.72. The minimum absolute atomic E-state index is 0.112. The number of hydrogen-bond donors (Lipinski definition) is 2. The van der Waals surface area contributed by atoms with Crippen LogP contribution in [0.1, 0.15) is 121 Å². The number of nitrogens with zero attached hydrogens (tertiary/aromatic N) is 1. The Kier molecular flexibility index (Phi) is 11.3. The maximum atomic E-state index is 16.1. The van der Waals surface area contributed by atoms with Gasteiger partial charge >= 0.3 is 12.1 Å². The highest BCUT2D eigenvalue weighted by molar-refractivity contribution is 5.41. The van der Waals surface area contributed by atoms with Crippen LogP contribution in [0.25, 0.3) is 0 Å². The van der Waals surface area contributed by atoms with Crippen LogP contribution in [-0.4, -0.2) is 59.1 Å². The van der Waals surface area contributed by atoms with Crippen molar-refractivity contribution in [1.82, 2.24) is 4.90 Å². The van der Waals surface area contributed by atoms with E-state index in [-0.39, 0.29) is 29.9 Å². The Morgan fingerprint density at radius 3 is 2.18 bits per heavy atom. The van der Waals surface area contributed by atoms with Gasteiger partial charge in [-0.25, -0.2) is 4.39 Å². The van der Waals surface area contributed by atoms with Crippen molar-refractivity contribution in [2.24, 2.45) is 23.2 Å². The smallest absolute Gasteiger partial charge is 0.453 e. The molecule has 2 saturated carbocycles. The summed E-state index contributed by atoms with van der Waals surface area (Å²) in [6, 6.07) is 5.44. The van der Waals surface area contributed by atoms with Gasteiger partial charge in [-0.3, -0.25) is 0 Å². The number of benzene rings is 1. The standard InChI is InChI=1S/C35H53F6NO2/c1-32-23-29(36)31-27-15-14-26(43)22-25(27)21-24(30(31)28(32)16-18-33(32,2)44)13-9-8-12-20-42(3)19-11-7-5-4-6-10-17-34(37,38)35(39,40)41/h14-15,22,24,28-31,43-44H,4-13,16-21,23H2,1-3H3/t24-,28+,29+,30+,31+,32+,33-/m1/s1. The van der Waals surface area contributed by atoms with Crippen molar-refractivity contribution in [2.45, 2.75) is 140 Å². The van der Waals surface area contributed by atoms with Gasteiger partial charge in [-0.2, -0.15) is 22.0 Å². The molecular formula is C35H53F6NO2. The minimum atomic E-state index is -5.46. The van der Waals surface area contributed by atoms with E-state index in [0.29, 0.717) is 31.6 Å². The van der Waals surface area contributed by atoms with Crippen LogP contribution in [0.15, 0.2) is 18.2 Å². The summed E-state index contributed by atoms with van der Waals surface area (Å²) in [6.45, 7) is 5.90. The van der Waals surface area contributed by atoms with E-state index in [1.807, 2.05) is 19.1 Å². The van der Waals surface area contributed by atoms with Crippen LogP contribution in [0.5, 0.6) is 5.75 Å². The molecule has 7 atom stereocenters. The van der Waals surface area contributed by atoms with Crippen molar-refractivity contribution < 1.29 is 36.6 Å². The van der Waals surface area contributed by atoms with Gasteiger partial charge in [-0.05, 0) is 119 Å². The van der Waals surface area contributed by atoms with Gasteiger partial charge in [-0.15, -0.1) is 0 Å². The quantitative estimate of drug-likeness (QED) is 0.149. The number of phenolic OH excluding ortho intramolecular Hbond substituents is 1. The fourth-order valence-corrected chi connectivity index (χ4v) is 8.94. The fourth-order valence-electron chi connectivity index (χ4n) is 8.94. The van der Waals surface area contributed by atoms with E-state index in [1.54, 1.807) is 6.07 Å². The lowest BCUT2D eigenvalue weighted by atomic mass is 9.50. The summed E-state index contributed by atoms with van der Waals surface area (Å²) in [5, 5.41) is 21.5. The number of alkyl halides is 6. The highest BCUT2D eigenvalue weighted by atomic mass is 19.4. The molecule has 0 spiro atoms. The number of rotatable bonds is 15. The lowest BCUT2D eigenvalue weighted by molar-refractivity contribution is -0.284. The molecule has 0 bridgehead atoms. The SMILES string of the molecule is CN(CCCCCCCCC(F)(F)C(F)(F)F)CCCCC[C@@H]1Cc2cc(O)ccc2[C@@H]2[C@@H]1[C@@H]1CC[C@@](C)(O)[C@@]1(C)C[C@@H]2F. The molecule has 252 valence electrons. The summed E-state index contributed by atoms with van der Waals surface area (Å²) < 4.78 is 78.7. The summed E-state index contributed by atoms with van der Waals surface area (Å²) >= 11 is 0. The first kappa shape index (κ1) is 35.4. The predicted octanol–water partition coefficient (Wildman–Crippen LogP) is 9.59. The van der Waals surface area contributed by atoms with Gasteiger partial charge in [0, 0.05) is 17.8 Å². The first-order chi connectivity index (χ1) is 20.6. The average Bonchev–Trinajstić information content (AvgIpc) is 3.16. The van der Waals surface area contributed by atoms with Crippen LogP contribution in [0.2, 0.25) is 0 Å². The van der Waals surface area contributed by atoms with E-state index >= 15 is 4.39 Å². The van der Waals surface area contributed by atoms with E-state index in [1.165, 1.54) is 0 Å². The zero-order valence-electron chi connectivity index (χ0n) is 26.7. The highest BCUT2D eigenvalue weighted by Gasteiger charge is 2.63. The maximum absolute atomic E-state index is 16.1. The lowest BCUT2D eigenvalue weighted by Crippen LogP contribution is -2.54. The molecule has 44 heavy (non-hydrogen) atoms. The van der Waals surface area contributed by atoms with Gasteiger partial charge in [-0.1, -0.05) is 51.5 Å². The van der Waals surface area contributed by atoms with Gasteiger partial charge < -0.3 is 15.1 Å². The molecule has 0 radical (unpaired) electrons. The average molecular weight is 634 g/mol. The monoisotopic (exact) mass is 633 g/mol. The molecule has 0 heterocycles. The number of halogens is 6. The molecule has 0 aliphatic heterocycles. The maximum Gasteiger partial charge on any atom is 0.453 e. The molecule has 2 N–H and O–H groups in total. The molecule has 0 unspecified atom stereocenters. The van der Waals surface area contributed by atoms with Crippen molar-refractivity contribution in [3.05, 3.63) is 29.3 Å². The topological polar surface area (TPSA) is 43.7 Å². The van der Waals surface area contributed by atoms with Crippen LogP contribution >= 0.6 is 0 Å². The molecule has 0 amide bonds. The van der Waals surface area contributed by atoms with Crippen LogP contribution in [-0.2, 0) is 6.42 Å². The normalized spacial score (nSPS) is 32.0. The molecular weight excluding hydrogens is 580 g/mol. The summed E-state index contributed by atoms with van der Waals surface area (Å²) in [4.78, 5) is 2.29. The second-order valence-corrected chi connectivity index (χ2v) is 14.7. The number of aromatic hydroxyl groups is 1. The number of phenols is 1. The summed E-state index contributed by atoms with van der Waals surface area (Å²) in [5.74, 6) is -3.73. The zero-order chi connectivity index (χ0) is 32.3. The first-order valence-electron chi connectivity index (χ1n) is 16.9. The second kappa shape index (κ2) is 14.1. The molecule has 3 aliphatic carbocycles. The van der Waals surface area contributed by atoms with Gasteiger partial charge in [0.2, 0.25) is 0 Å². The van der Waals surface area contributed by atoms with E-state index in [2.05, 4.69) is 18.9 Å². The van der Waals surface area contributed by atoms with Gasteiger partial charge in [0.25, 0.3) is 0 Å². The van der Waals surface area contributed by atoms with Crippen LogP contribution in [0.4, 0.5) is 26.3 Å². The summed E-state index contributed by atoms with van der Waals surface area (Å²) in [5.41, 5.74) is 0.845. The largest absolute Gasteiger partial charge is 0.508 e. The van der Waals surface area contributed by atoms with Crippen LogP contribution in [0.3, 0.4) is 0 Å². The van der Waals surface area contributed by atoms with Gasteiger partial charge in [0.05, 0.1) is 5.60 Å². The summed E-state index contributed by atoms with van der Waals surface area (Å²) in [6.07, 6.45) is 3.17. The molecule has 3 nitrogen and oxygen atoms in total. The summed E-state index contributed by atoms with van der Waals surface area (Å²) in [7, 11) is 2.09. The van der Waals surface area contributed by atoms with E-state index in [0.717, 1.165) is 82.0 Å². The van der Waals surface area contributed by atoms with Crippen molar-refractivity contribution in [3.8, 4) is 5.75 Å². The molecule has 0 aromatic heterocycles. The molecule has 0 saturated heterocycles. The van der Waals surface area contributed by atoms with Gasteiger partial charge in [0.1, 0.15) is 11.9 Å².